The number of nitrogens with zero attached hydrogens (tertiary/aromatic N) is 2. The summed E-state index contributed by atoms with van der Waals surface area (Å²) < 4.78 is 1.72. The molecule has 1 amide bonds. The van der Waals surface area contributed by atoms with Crippen molar-refractivity contribution in [2.24, 2.45) is 0 Å². The van der Waals surface area contributed by atoms with E-state index in [-0.39, 0.29) is 6.61 Å². The van der Waals surface area contributed by atoms with Gasteiger partial charge in [0.15, 0.2) is 0 Å². The number of carbonyl (C=O) groups is 1. The number of aliphatic hydroxyl groups is 1. The molecular weight excluding hydrogens is 194 g/mol. The summed E-state index contributed by atoms with van der Waals surface area (Å²) in [5, 5.41) is 16.5. The molecule has 0 bridgehead atoms. The third-order valence-electron chi connectivity index (χ3n) is 2.18. The van der Waals surface area contributed by atoms with E-state index in [0.717, 1.165) is 16.6 Å². The van der Waals surface area contributed by atoms with Crippen LogP contribution < -0.4 is 5.32 Å². The standard InChI is InChI=1S/C10H11N3O2/c14-4-3-13-10-2-1-9(11-7-15)5-8(10)6-12-13/h1-2,5-7,14H,3-4H2,(H,11,15). The minimum atomic E-state index is 0.0606. The number of fused-ring (bicyclic) bond motifs is 1. The summed E-state index contributed by atoms with van der Waals surface area (Å²) in [6, 6.07) is 5.50. The van der Waals surface area contributed by atoms with Gasteiger partial charge in [-0.2, -0.15) is 5.10 Å². The zero-order chi connectivity index (χ0) is 10.7. The maximum Gasteiger partial charge on any atom is 0.211 e. The van der Waals surface area contributed by atoms with Crippen LogP contribution in [0.4, 0.5) is 5.69 Å². The van der Waals surface area contributed by atoms with Crippen LogP contribution in [0.1, 0.15) is 0 Å². The van der Waals surface area contributed by atoms with Crippen LogP contribution in [0.2, 0.25) is 0 Å². The number of anilines is 1. The molecule has 0 aliphatic heterocycles. The van der Waals surface area contributed by atoms with E-state index in [1.54, 1.807) is 16.9 Å². The monoisotopic (exact) mass is 205 g/mol. The Morgan fingerprint density at radius 1 is 1.53 bits per heavy atom. The van der Waals surface area contributed by atoms with Crippen LogP contribution in [0, 0.1) is 0 Å². The van der Waals surface area contributed by atoms with Crippen LogP contribution in [0.5, 0.6) is 0 Å². The summed E-state index contributed by atoms with van der Waals surface area (Å²) in [6.07, 6.45) is 2.35. The average molecular weight is 205 g/mol. The Morgan fingerprint density at radius 3 is 3.13 bits per heavy atom. The van der Waals surface area contributed by atoms with Gasteiger partial charge in [-0.05, 0) is 18.2 Å². The van der Waals surface area contributed by atoms with Gasteiger partial charge in [0.05, 0.1) is 24.9 Å². The second kappa shape index (κ2) is 4.10. The van der Waals surface area contributed by atoms with Crippen LogP contribution >= 0.6 is 0 Å². The smallest absolute Gasteiger partial charge is 0.211 e. The molecule has 5 nitrogen and oxygen atoms in total. The van der Waals surface area contributed by atoms with Crippen molar-refractivity contribution < 1.29 is 9.90 Å². The highest BCUT2D eigenvalue weighted by molar-refractivity contribution is 5.85. The fourth-order valence-electron chi connectivity index (χ4n) is 1.52. The summed E-state index contributed by atoms with van der Waals surface area (Å²) in [4.78, 5) is 10.3. The lowest BCUT2D eigenvalue weighted by Gasteiger charge is -2.01. The van der Waals surface area contributed by atoms with Crippen molar-refractivity contribution in [3.63, 3.8) is 0 Å². The highest BCUT2D eigenvalue weighted by Gasteiger charge is 2.02. The molecule has 0 spiro atoms. The minimum Gasteiger partial charge on any atom is -0.394 e. The Balaban J connectivity index is 2.42. The maximum atomic E-state index is 10.3. The quantitative estimate of drug-likeness (QED) is 0.718. The summed E-state index contributed by atoms with van der Waals surface area (Å²) in [7, 11) is 0. The van der Waals surface area contributed by atoms with Crippen LogP contribution in [0.3, 0.4) is 0 Å². The van der Waals surface area contributed by atoms with E-state index in [1.807, 2.05) is 12.1 Å². The number of amides is 1. The largest absolute Gasteiger partial charge is 0.394 e. The highest BCUT2D eigenvalue weighted by Crippen LogP contribution is 2.18. The van der Waals surface area contributed by atoms with Gasteiger partial charge in [-0.3, -0.25) is 9.48 Å². The molecule has 1 aromatic carbocycles. The molecule has 0 fully saturated rings. The maximum absolute atomic E-state index is 10.3. The van der Waals surface area contributed by atoms with E-state index in [0.29, 0.717) is 13.0 Å². The first-order valence-electron chi connectivity index (χ1n) is 4.62. The van der Waals surface area contributed by atoms with Gasteiger partial charge in [0.1, 0.15) is 0 Å². The van der Waals surface area contributed by atoms with E-state index >= 15 is 0 Å². The molecule has 1 heterocycles. The summed E-state index contributed by atoms with van der Waals surface area (Å²) in [5.41, 5.74) is 1.68. The van der Waals surface area contributed by atoms with Crippen molar-refractivity contribution >= 4 is 23.0 Å². The predicted molar refractivity (Wildman–Crippen MR) is 56.5 cm³/mol. The topological polar surface area (TPSA) is 67.2 Å². The van der Waals surface area contributed by atoms with Crippen LogP contribution in [-0.4, -0.2) is 27.9 Å². The molecule has 0 aliphatic rings. The van der Waals surface area contributed by atoms with Gasteiger partial charge in [0, 0.05) is 11.1 Å². The molecule has 0 atom stereocenters. The molecule has 0 unspecified atom stereocenters. The second-order valence-corrected chi connectivity index (χ2v) is 3.13. The number of hydrogen-bond acceptors (Lipinski definition) is 3. The fourth-order valence-corrected chi connectivity index (χ4v) is 1.52. The normalized spacial score (nSPS) is 10.5. The average Bonchev–Trinajstić information content (AvgIpc) is 2.62. The highest BCUT2D eigenvalue weighted by atomic mass is 16.3. The fraction of sp³-hybridized carbons (Fsp3) is 0.200. The Kier molecular flexibility index (Phi) is 2.64. The molecule has 15 heavy (non-hydrogen) atoms. The lowest BCUT2D eigenvalue weighted by Crippen LogP contribution is -2.03. The number of rotatable bonds is 4. The van der Waals surface area contributed by atoms with Crippen LogP contribution in [0.15, 0.2) is 24.4 Å². The molecule has 0 saturated heterocycles. The first-order valence-corrected chi connectivity index (χ1v) is 4.62. The molecule has 2 aromatic rings. The Labute approximate surface area is 86.3 Å². The van der Waals surface area contributed by atoms with Crippen molar-refractivity contribution in [2.75, 3.05) is 11.9 Å². The SMILES string of the molecule is O=CNc1ccc2c(cnn2CCO)c1. The van der Waals surface area contributed by atoms with Crippen LogP contribution in [0.25, 0.3) is 10.9 Å². The number of aromatic nitrogens is 2. The van der Waals surface area contributed by atoms with Gasteiger partial charge >= 0.3 is 0 Å². The number of aliphatic hydroxyl groups excluding tert-OH is 1. The molecular formula is C10H11N3O2. The number of benzene rings is 1. The predicted octanol–water partition coefficient (Wildman–Crippen LogP) is 0.597. The van der Waals surface area contributed by atoms with Gasteiger partial charge in [-0.1, -0.05) is 0 Å². The molecule has 0 radical (unpaired) electrons. The van der Waals surface area contributed by atoms with E-state index in [2.05, 4.69) is 10.4 Å². The Hall–Kier alpha value is -1.88. The van der Waals surface area contributed by atoms with Gasteiger partial charge < -0.3 is 10.4 Å². The molecule has 5 heteroatoms. The van der Waals surface area contributed by atoms with Crippen molar-refractivity contribution in [2.45, 2.75) is 6.54 Å². The summed E-state index contributed by atoms with van der Waals surface area (Å²) >= 11 is 0. The first-order chi connectivity index (χ1) is 7.35. The van der Waals surface area contributed by atoms with Crippen molar-refractivity contribution in [3.8, 4) is 0 Å². The van der Waals surface area contributed by atoms with E-state index in [4.69, 9.17) is 5.11 Å². The molecule has 1 aromatic heterocycles. The summed E-state index contributed by atoms with van der Waals surface area (Å²) in [6.45, 7) is 0.537. The Morgan fingerprint density at radius 2 is 2.40 bits per heavy atom. The molecule has 0 saturated carbocycles. The third kappa shape index (κ3) is 1.82. The zero-order valence-corrected chi connectivity index (χ0v) is 8.05. The van der Waals surface area contributed by atoms with Crippen molar-refractivity contribution in [1.29, 1.82) is 0 Å². The molecule has 2 rings (SSSR count). The molecule has 2 N–H and O–H groups in total. The lowest BCUT2D eigenvalue weighted by atomic mass is 10.2. The zero-order valence-electron chi connectivity index (χ0n) is 8.05. The number of carbonyl (C=O) groups excluding carboxylic acids is 1. The number of hydrogen-bond donors (Lipinski definition) is 2. The minimum absolute atomic E-state index is 0.0606. The van der Waals surface area contributed by atoms with Crippen LogP contribution in [-0.2, 0) is 11.3 Å². The van der Waals surface area contributed by atoms with Gasteiger partial charge in [0.2, 0.25) is 6.41 Å². The van der Waals surface area contributed by atoms with Gasteiger partial charge in [-0.15, -0.1) is 0 Å². The Bertz CT molecular complexity index is 478. The van der Waals surface area contributed by atoms with E-state index in [9.17, 15) is 4.79 Å². The molecule has 0 aliphatic carbocycles. The third-order valence-corrected chi connectivity index (χ3v) is 2.18. The second-order valence-electron chi connectivity index (χ2n) is 3.13. The first kappa shape index (κ1) is 9.67. The summed E-state index contributed by atoms with van der Waals surface area (Å²) in [5.74, 6) is 0. The van der Waals surface area contributed by atoms with Gasteiger partial charge in [-0.25, -0.2) is 0 Å². The number of nitrogens with one attached hydrogen (secondary N) is 1. The van der Waals surface area contributed by atoms with Gasteiger partial charge in [0.25, 0.3) is 0 Å². The van der Waals surface area contributed by atoms with E-state index in [1.165, 1.54) is 0 Å². The lowest BCUT2D eigenvalue weighted by molar-refractivity contribution is -0.105. The van der Waals surface area contributed by atoms with Crippen molar-refractivity contribution in [3.05, 3.63) is 24.4 Å². The van der Waals surface area contributed by atoms with E-state index < -0.39 is 0 Å². The van der Waals surface area contributed by atoms with Crippen molar-refractivity contribution in [1.82, 2.24) is 9.78 Å². The molecule has 78 valence electrons.